The van der Waals surface area contributed by atoms with Crippen molar-refractivity contribution < 1.29 is 9.59 Å². The van der Waals surface area contributed by atoms with Gasteiger partial charge in [0.2, 0.25) is 0 Å². The fourth-order valence-corrected chi connectivity index (χ4v) is 5.59. The molecule has 0 heterocycles. The molecule has 2 nitrogen and oxygen atoms in total. The number of aldehydes is 1. The van der Waals surface area contributed by atoms with Gasteiger partial charge in [0.15, 0.2) is 5.78 Å². The zero-order valence-corrected chi connectivity index (χ0v) is 15.5. The molecule has 0 radical (unpaired) electrons. The molecule has 0 bridgehead atoms. The van der Waals surface area contributed by atoms with E-state index >= 15 is 0 Å². The lowest BCUT2D eigenvalue weighted by molar-refractivity contribution is -0.110. The molecule has 1 fully saturated rings. The van der Waals surface area contributed by atoms with Crippen molar-refractivity contribution in [1.82, 2.24) is 0 Å². The summed E-state index contributed by atoms with van der Waals surface area (Å²) in [5, 5.41) is 0. The zero-order valence-electron chi connectivity index (χ0n) is 15.5. The van der Waals surface area contributed by atoms with Crippen LogP contribution in [0.4, 0.5) is 0 Å². The maximum atomic E-state index is 11.8. The summed E-state index contributed by atoms with van der Waals surface area (Å²) in [7, 11) is 0. The molecule has 1 saturated carbocycles. The van der Waals surface area contributed by atoms with Crippen molar-refractivity contribution in [1.29, 1.82) is 0 Å². The standard InChI is InChI=1S/C20H22O.C3H6O/c1-11-3-4-14-13(11)5-6-17-19(14)16-10-15(16)18-9-12(21)7-8-20(17,18)2;1-2-3-4/h4,7-9,11,13,15-16H,3,5-6,10H2,1-2H3;3H,2H2,1H3. The smallest absolute Gasteiger partial charge is 0.178 e. The lowest BCUT2D eigenvalue weighted by Gasteiger charge is -2.44. The second-order valence-corrected chi connectivity index (χ2v) is 8.47. The van der Waals surface area contributed by atoms with Gasteiger partial charge in [-0.25, -0.2) is 0 Å². The van der Waals surface area contributed by atoms with E-state index < -0.39 is 0 Å². The topological polar surface area (TPSA) is 34.1 Å². The summed E-state index contributed by atoms with van der Waals surface area (Å²) in [6.45, 7) is 6.58. The number of fused-ring (bicyclic) bond motifs is 7. The lowest BCUT2D eigenvalue weighted by atomic mass is 9.60. The molecular formula is C23H28O2. The Morgan fingerprint density at radius 3 is 2.76 bits per heavy atom. The van der Waals surface area contributed by atoms with E-state index in [4.69, 9.17) is 0 Å². The maximum absolute atomic E-state index is 11.8. The molecule has 5 aliphatic rings. The van der Waals surface area contributed by atoms with Crippen LogP contribution in [-0.4, -0.2) is 12.1 Å². The van der Waals surface area contributed by atoms with Crippen LogP contribution in [0.3, 0.4) is 0 Å². The third-order valence-electron chi connectivity index (χ3n) is 6.97. The van der Waals surface area contributed by atoms with Gasteiger partial charge in [-0.15, -0.1) is 0 Å². The summed E-state index contributed by atoms with van der Waals surface area (Å²) in [5.74, 6) is 3.23. The average Bonchev–Trinajstić information content (AvgIpc) is 3.33. The molecule has 0 spiro atoms. The van der Waals surface area contributed by atoms with Crippen LogP contribution in [0.25, 0.3) is 0 Å². The van der Waals surface area contributed by atoms with Crippen molar-refractivity contribution in [2.45, 2.75) is 52.9 Å². The Bertz CT molecular complexity index is 748. The largest absolute Gasteiger partial charge is 0.303 e. The van der Waals surface area contributed by atoms with Crippen LogP contribution >= 0.6 is 0 Å². The van der Waals surface area contributed by atoms with Gasteiger partial charge in [-0.2, -0.15) is 0 Å². The van der Waals surface area contributed by atoms with Crippen molar-refractivity contribution in [2.24, 2.45) is 29.1 Å². The predicted octanol–water partition coefficient (Wildman–Crippen LogP) is 4.98. The first kappa shape index (κ1) is 16.8. The summed E-state index contributed by atoms with van der Waals surface area (Å²) in [6.07, 6.45) is 15.1. The zero-order chi connectivity index (χ0) is 17.8. The maximum Gasteiger partial charge on any atom is 0.178 e. The van der Waals surface area contributed by atoms with Gasteiger partial charge in [0.25, 0.3) is 0 Å². The van der Waals surface area contributed by atoms with E-state index in [1.54, 1.807) is 22.8 Å². The van der Waals surface area contributed by atoms with E-state index in [9.17, 15) is 9.59 Å². The van der Waals surface area contributed by atoms with Gasteiger partial charge in [0, 0.05) is 11.8 Å². The van der Waals surface area contributed by atoms with Crippen molar-refractivity contribution in [3.8, 4) is 0 Å². The highest BCUT2D eigenvalue weighted by Crippen LogP contribution is 2.67. The van der Waals surface area contributed by atoms with E-state index in [1.165, 1.54) is 31.3 Å². The van der Waals surface area contributed by atoms with Gasteiger partial charge in [-0.05, 0) is 85.2 Å². The molecule has 0 N–H and O–H groups in total. The minimum absolute atomic E-state index is 0.0402. The number of hydrogen-bond donors (Lipinski definition) is 0. The molecule has 5 rings (SSSR count). The van der Waals surface area contributed by atoms with Crippen molar-refractivity contribution >= 4 is 12.1 Å². The first-order valence-corrected chi connectivity index (χ1v) is 9.84. The SMILES string of the molecule is CC1CC=C2C3=C(CCC21)C1(C)C=CC(=O)C=C1C1CC31.CCC=O. The highest BCUT2D eigenvalue weighted by atomic mass is 16.1. The van der Waals surface area contributed by atoms with Crippen molar-refractivity contribution in [3.63, 3.8) is 0 Å². The molecule has 5 aliphatic carbocycles. The number of carbonyl (C=O) groups is 2. The van der Waals surface area contributed by atoms with Gasteiger partial charge < -0.3 is 4.79 Å². The molecule has 0 aliphatic heterocycles. The molecule has 0 aromatic heterocycles. The van der Waals surface area contributed by atoms with Gasteiger partial charge in [0.05, 0.1) is 0 Å². The predicted molar refractivity (Wildman–Crippen MR) is 99.9 cm³/mol. The van der Waals surface area contributed by atoms with Crippen LogP contribution in [0, 0.1) is 29.1 Å². The summed E-state index contributed by atoms with van der Waals surface area (Å²) in [4.78, 5) is 21.0. The fraction of sp³-hybridized carbons (Fsp3) is 0.565. The molecule has 2 heteroatoms. The number of ketones is 1. The summed E-state index contributed by atoms with van der Waals surface area (Å²) >= 11 is 0. The molecule has 132 valence electrons. The molecule has 5 atom stereocenters. The normalized spacial score (nSPS) is 39.9. The third kappa shape index (κ3) is 2.45. The van der Waals surface area contributed by atoms with Crippen LogP contribution in [0.1, 0.15) is 52.9 Å². The van der Waals surface area contributed by atoms with E-state index in [-0.39, 0.29) is 11.2 Å². The second-order valence-electron chi connectivity index (χ2n) is 8.47. The Balaban J connectivity index is 0.000000358. The van der Waals surface area contributed by atoms with Crippen molar-refractivity contribution in [3.05, 3.63) is 46.6 Å². The van der Waals surface area contributed by atoms with E-state index in [2.05, 4.69) is 26.0 Å². The van der Waals surface area contributed by atoms with Gasteiger partial charge >= 0.3 is 0 Å². The first-order valence-electron chi connectivity index (χ1n) is 9.84. The number of carbonyl (C=O) groups excluding carboxylic acids is 2. The first-order chi connectivity index (χ1) is 12.0. The van der Waals surface area contributed by atoms with Gasteiger partial charge in [0.1, 0.15) is 6.29 Å². The summed E-state index contributed by atoms with van der Waals surface area (Å²) < 4.78 is 0. The van der Waals surface area contributed by atoms with Gasteiger partial charge in [-0.3, -0.25) is 4.79 Å². The van der Waals surface area contributed by atoms with E-state index in [1.807, 2.05) is 13.0 Å². The average molecular weight is 336 g/mol. The summed E-state index contributed by atoms with van der Waals surface area (Å²) in [5.41, 5.74) is 6.52. The van der Waals surface area contributed by atoms with Crippen LogP contribution in [0.2, 0.25) is 0 Å². The Morgan fingerprint density at radius 1 is 1.28 bits per heavy atom. The highest BCUT2D eigenvalue weighted by Gasteiger charge is 2.57. The Morgan fingerprint density at radius 2 is 2.04 bits per heavy atom. The molecule has 0 aromatic rings. The Labute approximate surface area is 150 Å². The molecule has 25 heavy (non-hydrogen) atoms. The molecule has 5 unspecified atom stereocenters. The second kappa shape index (κ2) is 5.93. The number of rotatable bonds is 1. The van der Waals surface area contributed by atoms with Crippen LogP contribution < -0.4 is 0 Å². The van der Waals surface area contributed by atoms with E-state index in [0.29, 0.717) is 12.3 Å². The van der Waals surface area contributed by atoms with Crippen LogP contribution in [0.5, 0.6) is 0 Å². The Hall–Kier alpha value is -1.70. The fourth-order valence-electron chi connectivity index (χ4n) is 5.59. The number of hydrogen-bond acceptors (Lipinski definition) is 2. The van der Waals surface area contributed by atoms with Crippen LogP contribution in [0.15, 0.2) is 46.6 Å². The molecule has 0 aromatic carbocycles. The third-order valence-corrected chi connectivity index (χ3v) is 6.97. The lowest BCUT2D eigenvalue weighted by Crippen LogP contribution is -2.33. The minimum Gasteiger partial charge on any atom is -0.303 e. The monoisotopic (exact) mass is 336 g/mol. The highest BCUT2D eigenvalue weighted by molar-refractivity contribution is 6.01. The van der Waals surface area contributed by atoms with Crippen molar-refractivity contribution in [2.75, 3.05) is 0 Å². The molecule has 0 amide bonds. The van der Waals surface area contributed by atoms with Crippen LogP contribution in [-0.2, 0) is 9.59 Å². The number of allylic oxidation sites excluding steroid dienone is 8. The molecule has 0 saturated heterocycles. The quantitative estimate of drug-likeness (QED) is 0.633. The molecular weight excluding hydrogens is 308 g/mol. The van der Waals surface area contributed by atoms with E-state index in [0.717, 1.165) is 24.0 Å². The minimum atomic E-state index is 0.0402. The van der Waals surface area contributed by atoms with Gasteiger partial charge in [-0.1, -0.05) is 31.6 Å². The summed E-state index contributed by atoms with van der Waals surface area (Å²) in [6, 6.07) is 0. The Kier molecular flexibility index (Phi) is 3.97.